The van der Waals surface area contributed by atoms with Crippen LogP contribution in [0.15, 0.2) is 36.7 Å². The minimum Gasteiger partial charge on any atom is -0.366 e. The number of hydrogen-bond acceptors (Lipinski definition) is 5. The fourth-order valence-electron chi connectivity index (χ4n) is 4.43. The van der Waals surface area contributed by atoms with Gasteiger partial charge in [0.2, 0.25) is 5.95 Å². The van der Waals surface area contributed by atoms with Gasteiger partial charge in [-0.3, -0.25) is 4.79 Å². The first-order chi connectivity index (χ1) is 14.6. The Morgan fingerprint density at radius 2 is 1.87 bits per heavy atom. The highest BCUT2D eigenvalue weighted by atomic mass is 16.5. The van der Waals surface area contributed by atoms with E-state index < -0.39 is 0 Å². The van der Waals surface area contributed by atoms with Gasteiger partial charge in [0.25, 0.3) is 5.91 Å². The molecule has 30 heavy (non-hydrogen) atoms. The molecule has 6 heteroatoms. The van der Waals surface area contributed by atoms with Crippen molar-refractivity contribution < 1.29 is 9.53 Å². The number of nitrogens with one attached hydrogen (secondary N) is 1. The van der Waals surface area contributed by atoms with Gasteiger partial charge in [0.15, 0.2) is 0 Å². The van der Waals surface area contributed by atoms with Gasteiger partial charge in [-0.1, -0.05) is 30.2 Å². The Morgan fingerprint density at radius 1 is 1.23 bits per heavy atom. The van der Waals surface area contributed by atoms with E-state index in [-0.39, 0.29) is 12.0 Å². The lowest BCUT2D eigenvalue weighted by Gasteiger charge is -2.34. The summed E-state index contributed by atoms with van der Waals surface area (Å²) in [6.45, 7) is 3.83. The molecule has 0 spiro atoms. The minimum atomic E-state index is -0.00883. The Kier molecular flexibility index (Phi) is 6.29. The smallest absolute Gasteiger partial charge is 0.256 e. The highest BCUT2D eigenvalue weighted by Crippen LogP contribution is 2.25. The number of likely N-dealkylation sites (tertiary alicyclic amines) is 1. The summed E-state index contributed by atoms with van der Waals surface area (Å²) in [5.41, 5.74) is 3.29. The molecule has 1 aromatic heterocycles. The number of carbonyl (C=O) groups excluding carboxylic acids is 1. The molecule has 2 aromatic rings. The number of benzene rings is 1. The third-order valence-corrected chi connectivity index (χ3v) is 6.20. The molecule has 4 rings (SSSR count). The van der Waals surface area contributed by atoms with E-state index in [0.29, 0.717) is 43.2 Å². The Morgan fingerprint density at radius 3 is 2.47 bits per heavy atom. The number of aromatic nitrogens is 2. The predicted molar refractivity (Wildman–Crippen MR) is 116 cm³/mol. The summed E-state index contributed by atoms with van der Waals surface area (Å²) in [5.74, 6) is 3.51. The van der Waals surface area contributed by atoms with E-state index in [1.54, 1.807) is 12.4 Å². The Hall–Kier alpha value is -2.91. The second kappa shape index (κ2) is 9.27. The maximum atomic E-state index is 12.8. The van der Waals surface area contributed by atoms with Gasteiger partial charge in [-0.15, -0.1) is 6.42 Å². The monoisotopic (exact) mass is 404 g/mol. The van der Waals surface area contributed by atoms with Gasteiger partial charge < -0.3 is 15.0 Å². The molecule has 156 valence electrons. The summed E-state index contributed by atoms with van der Waals surface area (Å²) >= 11 is 0. The number of anilines is 1. The average Bonchev–Trinajstić information content (AvgIpc) is 3.20. The highest BCUT2D eigenvalue weighted by Gasteiger charge is 2.28. The standard InChI is InChI=1S/C24H28N4O2/c1-3-12-30-17(2)18-8-10-28(11-9-18)23(29)21-15-25-24(26-16-21)27-22-13-19-6-4-5-7-20(19)14-22/h1,4-7,15-18,22H,8-14H2,2H3,(H,25,26,27). The first-order valence-electron chi connectivity index (χ1n) is 10.6. The van der Waals surface area contributed by atoms with Crippen molar-refractivity contribution in [2.75, 3.05) is 25.0 Å². The number of piperidine rings is 1. The molecule has 0 bridgehead atoms. The number of rotatable bonds is 6. The molecule has 1 N–H and O–H groups in total. The van der Waals surface area contributed by atoms with Crippen LogP contribution in [0.2, 0.25) is 0 Å². The van der Waals surface area contributed by atoms with E-state index in [0.717, 1.165) is 25.7 Å². The van der Waals surface area contributed by atoms with Crippen LogP contribution in [0.4, 0.5) is 5.95 Å². The molecule has 6 nitrogen and oxygen atoms in total. The van der Waals surface area contributed by atoms with E-state index >= 15 is 0 Å². The number of ether oxygens (including phenoxy) is 1. The molecule has 1 unspecified atom stereocenters. The van der Waals surface area contributed by atoms with Crippen molar-refractivity contribution in [3.05, 3.63) is 53.3 Å². The van der Waals surface area contributed by atoms with Gasteiger partial charge in [-0.25, -0.2) is 9.97 Å². The van der Waals surface area contributed by atoms with Crippen molar-refractivity contribution in [3.63, 3.8) is 0 Å². The largest absolute Gasteiger partial charge is 0.366 e. The van der Waals surface area contributed by atoms with Crippen LogP contribution < -0.4 is 5.32 Å². The Labute approximate surface area is 178 Å². The molecule has 1 aliphatic carbocycles. The van der Waals surface area contributed by atoms with Crippen molar-refractivity contribution >= 4 is 11.9 Å². The summed E-state index contributed by atoms with van der Waals surface area (Å²) in [4.78, 5) is 23.5. The number of terminal acetylenes is 1. The zero-order valence-corrected chi connectivity index (χ0v) is 17.4. The minimum absolute atomic E-state index is 0.00883. The number of amides is 1. The molecular weight excluding hydrogens is 376 g/mol. The molecule has 0 radical (unpaired) electrons. The summed E-state index contributed by atoms with van der Waals surface area (Å²) in [7, 11) is 0. The fourth-order valence-corrected chi connectivity index (χ4v) is 4.43. The summed E-state index contributed by atoms with van der Waals surface area (Å²) in [5, 5.41) is 3.39. The lowest BCUT2D eigenvalue weighted by Crippen LogP contribution is -2.41. The van der Waals surface area contributed by atoms with Gasteiger partial charge in [0.05, 0.1) is 11.7 Å². The Balaban J connectivity index is 1.28. The molecule has 2 heterocycles. The van der Waals surface area contributed by atoms with Crippen molar-refractivity contribution in [2.24, 2.45) is 5.92 Å². The maximum absolute atomic E-state index is 12.8. The first-order valence-corrected chi connectivity index (χ1v) is 10.6. The number of nitrogens with zero attached hydrogens (tertiary/aromatic N) is 3. The average molecular weight is 405 g/mol. The first kappa shape index (κ1) is 20.4. The summed E-state index contributed by atoms with van der Waals surface area (Å²) in [6.07, 6.45) is 12.4. The van der Waals surface area contributed by atoms with Crippen molar-refractivity contribution in [1.82, 2.24) is 14.9 Å². The molecule has 1 saturated heterocycles. The van der Waals surface area contributed by atoms with Crippen LogP contribution >= 0.6 is 0 Å². The molecule has 2 aliphatic rings. The SMILES string of the molecule is C#CCOC(C)C1CCN(C(=O)c2cnc(NC3Cc4ccccc4C3)nc2)CC1. The third-order valence-electron chi connectivity index (χ3n) is 6.20. The van der Waals surface area contributed by atoms with Crippen LogP contribution in [-0.2, 0) is 17.6 Å². The quantitative estimate of drug-likeness (QED) is 0.750. The lowest BCUT2D eigenvalue weighted by atomic mass is 9.92. The van der Waals surface area contributed by atoms with E-state index in [1.165, 1.54) is 11.1 Å². The Bertz CT molecular complexity index is 889. The van der Waals surface area contributed by atoms with Gasteiger partial charge in [0, 0.05) is 31.5 Å². The number of fused-ring (bicyclic) bond motifs is 1. The lowest BCUT2D eigenvalue weighted by molar-refractivity contribution is 0.0176. The van der Waals surface area contributed by atoms with Crippen LogP contribution in [0.25, 0.3) is 0 Å². The number of hydrogen-bond donors (Lipinski definition) is 1. The van der Waals surface area contributed by atoms with E-state index in [4.69, 9.17) is 11.2 Å². The van der Waals surface area contributed by atoms with E-state index in [9.17, 15) is 4.79 Å². The van der Waals surface area contributed by atoms with Gasteiger partial charge in [-0.05, 0) is 49.7 Å². The van der Waals surface area contributed by atoms with E-state index in [2.05, 4.69) is 52.4 Å². The molecule has 1 aliphatic heterocycles. The van der Waals surface area contributed by atoms with Crippen LogP contribution in [0.3, 0.4) is 0 Å². The topological polar surface area (TPSA) is 67.3 Å². The van der Waals surface area contributed by atoms with Crippen molar-refractivity contribution in [1.29, 1.82) is 0 Å². The summed E-state index contributed by atoms with van der Waals surface area (Å²) in [6, 6.07) is 8.79. The van der Waals surface area contributed by atoms with Crippen LogP contribution in [-0.4, -0.2) is 52.6 Å². The van der Waals surface area contributed by atoms with Crippen LogP contribution in [0.5, 0.6) is 0 Å². The molecule has 1 amide bonds. The molecular formula is C24H28N4O2. The van der Waals surface area contributed by atoms with E-state index in [1.807, 2.05) is 4.90 Å². The second-order valence-corrected chi connectivity index (χ2v) is 8.16. The summed E-state index contributed by atoms with van der Waals surface area (Å²) < 4.78 is 5.63. The third kappa shape index (κ3) is 4.63. The predicted octanol–water partition coefficient (Wildman–Crippen LogP) is 2.95. The molecule has 1 atom stereocenters. The molecule has 0 saturated carbocycles. The zero-order chi connectivity index (χ0) is 20.9. The fraction of sp³-hybridized carbons (Fsp3) is 0.458. The normalized spacial score (nSPS) is 17.9. The zero-order valence-electron chi connectivity index (χ0n) is 17.4. The highest BCUT2D eigenvalue weighted by molar-refractivity contribution is 5.93. The molecule has 1 fully saturated rings. The van der Waals surface area contributed by atoms with Gasteiger partial charge in [0.1, 0.15) is 6.61 Å². The van der Waals surface area contributed by atoms with Gasteiger partial charge >= 0.3 is 0 Å². The van der Waals surface area contributed by atoms with Crippen LogP contribution in [0, 0.1) is 18.3 Å². The number of carbonyl (C=O) groups is 1. The maximum Gasteiger partial charge on any atom is 0.256 e. The second-order valence-electron chi connectivity index (χ2n) is 8.16. The van der Waals surface area contributed by atoms with Crippen LogP contribution in [0.1, 0.15) is 41.3 Å². The van der Waals surface area contributed by atoms with Crippen molar-refractivity contribution in [3.8, 4) is 12.3 Å². The molecule has 1 aromatic carbocycles. The van der Waals surface area contributed by atoms with Crippen molar-refractivity contribution in [2.45, 2.75) is 44.8 Å². The van der Waals surface area contributed by atoms with Gasteiger partial charge in [-0.2, -0.15) is 0 Å².